The minimum absolute atomic E-state index is 0.439. The first-order valence-corrected chi connectivity index (χ1v) is 6.50. The highest BCUT2D eigenvalue weighted by Gasteiger charge is 2.11. The molecule has 2 rings (SSSR count). The molecule has 0 atom stereocenters. The minimum Gasteiger partial charge on any atom is -0.397 e. The number of allylic oxidation sites excluding steroid dienone is 1. The van der Waals surface area contributed by atoms with Crippen LogP contribution in [0.2, 0.25) is 0 Å². The fraction of sp³-hybridized carbons (Fsp3) is 0.0667. The van der Waals surface area contributed by atoms with E-state index in [1.165, 1.54) is 0 Å². The van der Waals surface area contributed by atoms with E-state index in [1.54, 1.807) is 18.5 Å². The number of hydrogen-bond acceptors (Lipinski definition) is 3. The first-order valence-electron chi connectivity index (χ1n) is 5.71. The van der Waals surface area contributed by atoms with Gasteiger partial charge in [-0.25, -0.2) is 0 Å². The SMILES string of the molecule is Cc1c(Br)cccc1/C(N)=C(/C#N)c1cccnc1. The number of aromatic nitrogens is 1. The molecule has 0 unspecified atom stereocenters. The van der Waals surface area contributed by atoms with E-state index in [0.717, 1.165) is 21.2 Å². The molecule has 0 aliphatic carbocycles. The lowest BCUT2D eigenvalue weighted by molar-refractivity contribution is 1.30. The van der Waals surface area contributed by atoms with Crippen LogP contribution in [0.1, 0.15) is 16.7 Å². The predicted octanol–water partition coefficient (Wildman–Crippen LogP) is 3.50. The molecule has 1 heterocycles. The quantitative estimate of drug-likeness (QED) is 0.863. The lowest BCUT2D eigenvalue weighted by Crippen LogP contribution is -2.03. The van der Waals surface area contributed by atoms with Gasteiger partial charge in [-0.3, -0.25) is 4.98 Å². The maximum absolute atomic E-state index is 9.34. The van der Waals surface area contributed by atoms with Gasteiger partial charge >= 0.3 is 0 Å². The topological polar surface area (TPSA) is 62.7 Å². The fourth-order valence-electron chi connectivity index (χ4n) is 1.82. The zero-order valence-corrected chi connectivity index (χ0v) is 12.0. The van der Waals surface area contributed by atoms with Crippen LogP contribution in [0.25, 0.3) is 11.3 Å². The number of rotatable bonds is 2. The Morgan fingerprint density at radius 3 is 2.74 bits per heavy atom. The Kier molecular flexibility index (Phi) is 3.98. The first kappa shape index (κ1) is 13.3. The second kappa shape index (κ2) is 5.68. The summed E-state index contributed by atoms with van der Waals surface area (Å²) in [4.78, 5) is 4.02. The first-order chi connectivity index (χ1) is 9.15. The molecule has 1 aromatic carbocycles. The lowest BCUT2D eigenvalue weighted by atomic mass is 9.99. The van der Waals surface area contributed by atoms with Gasteiger partial charge in [-0.05, 0) is 24.6 Å². The van der Waals surface area contributed by atoms with E-state index in [1.807, 2.05) is 31.2 Å². The molecular weight excluding hydrogens is 302 g/mol. The summed E-state index contributed by atoms with van der Waals surface area (Å²) in [5.74, 6) is 0. The third kappa shape index (κ3) is 2.67. The number of hydrogen-bond donors (Lipinski definition) is 1. The van der Waals surface area contributed by atoms with Gasteiger partial charge in [0, 0.05) is 28.0 Å². The minimum atomic E-state index is 0.439. The lowest BCUT2D eigenvalue weighted by Gasteiger charge is -2.10. The summed E-state index contributed by atoms with van der Waals surface area (Å²) in [5.41, 5.74) is 9.66. The van der Waals surface area contributed by atoms with Crippen LogP contribution < -0.4 is 5.73 Å². The number of halogens is 1. The van der Waals surface area contributed by atoms with Crippen molar-refractivity contribution in [1.82, 2.24) is 4.98 Å². The van der Waals surface area contributed by atoms with Crippen LogP contribution in [-0.4, -0.2) is 4.98 Å². The van der Waals surface area contributed by atoms with E-state index >= 15 is 0 Å². The van der Waals surface area contributed by atoms with Crippen molar-refractivity contribution in [2.45, 2.75) is 6.92 Å². The van der Waals surface area contributed by atoms with Crippen molar-refractivity contribution in [1.29, 1.82) is 5.26 Å². The van der Waals surface area contributed by atoms with Crippen LogP contribution in [-0.2, 0) is 0 Å². The monoisotopic (exact) mass is 313 g/mol. The number of nitriles is 1. The van der Waals surface area contributed by atoms with Gasteiger partial charge in [0.05, 0.1) is 11.3 Å². The van der Waals surface area contributed by atoms with Crippen LogP contribution in [0.15, 0.2) is 47.2 Å². The summed E-state index contributed by atoms with van der Waals surface area (Å²) in [7, 11) is 0. The highest BCUT2D eigenvalue weighted by molar-refractivity contribution is 9.10. The maximum Gasteiger partial charge on any atom is 0.102 e. The third-order valence-electron chi connectivity index (χ3n) is 2.89. The Morgan fingerprint density at radius 2 is 2.11 bits per heavy atom. The molecule has 0 saturated heterocycles. The zero-order chi connectivity index (χ0) is 13.8. The Balaban J connectivity index is 2.63. The fourth-order valence-corrected chi connectivity index (χ4v) is 2.19. The van der Waals surface area contributed by atoms with Crippen molar-refractivity contribution in [2.24, 2.45) is 5.73 Å². The van der Waals surface area contributed by atoms with Crippen LogP contribution in [0.4, 0.5) is 0 Å². The van der Waals surface area contributed by atoms with Gasteiger partial charge in [0.1, 0.15) is 6.07 Å². The Morgan fingerprint density at radius 1 is 1.32 bits per heavy atom. The van der Waals surface area contributed by atoms with E-state index in [-0.39, 0.29) is 0 Å². The van der Waals surface area contributed by atoms with Gasteiger partial charge in [-0.2, -0.15) is 5.26 Å². The normalized spacial score (nSPS) is 11.6. The molecule has 3 nitrogen and oxygen atoms in total. The van der Waals surface area contributed by atoms with Crippen molar-refractivity contribution in [2.75, 3.05) is 0 Å². The summed E-state index contributed by atoms with van der Waals surface area (Å²) < 4.78 is 0.969. The van der Waals surface area contributed by atoms with E-state index in [2.05, 4.69) is 27.0 Å². The number of benzene rings is 1. The second-order valence-corrected chi connectivity index (χ2v) is 4.91. The Hall–Kier alpha value is -2.12. The summed E-state index contributed by atoms with van der Waals surface area (Å²) in [6, 6.07) is 11.5. The van der Waals surface area contributed by atoms with Crippen molar-refractivity contribution >= 4 is 27.2 Å². The summed E-state index contributed by atoms with van der Waals surface area (Å²) in [6.07, 6.45) is 3.30. The standard InChI is InChI=1S/C15H12BrN3/c1-10-12(5-2-6-14(10)16)15(18)13(8-17)11-4-3-7-19-9-11/h2-7,9H,18H2,1H3/b15-13+. The molecule has 0 amide bonds. The summed E-state index contributed by atoms with van der Waals surface area (Å²) in [6.45, 7) is 1.96. The molecule has 2 N–H and O–H groups in total. The molecular formula is C15H12BrN3. The molecule has 0 aliphatic rings. The molecule has 94 valence electrons. The van der Waals surface area contributed by atoms with Gasteiger partial charge in [-0.15, -0.1) is 0 Å². The average Bonchev–Trinajstić information content (AvgIpc) is 2.44. The molecule has 0 saturated carbocycles. The molecule has 0 radical (unpaired) electrons. The van der Waals surface area contributed by atoms with E-state index in [0.29, 0.717) is 11.3 Å². The van der Waals surface area contributed by atoms with Crippen molar-refractivity contribution in [3.63, 3.8) is 0 Å². The van der Waals surface area contributed by atoms with Crippen LogP contribution in [0, 0.1) is 18.3 Å². The van der Waals surface area contributed by atoms with Crippen LogP contribution in [0.5, 0.6) is 0 Å². The largest absolute Gasteiger partial charge is 0.397 e. The Bertz CT molecular complexity index is 670. The highest BCUT2D eigenvalue weighted by atomic mass is 79.9. The molecule has 0 aliphatic heterocycles. The van der Waals surface area contributed by atoms with Crippen molar-refractivity contribution < 1.29 is 0 Å². The number of nitrogens with two attached hydrogens (primary N) is 1. The molecule has 0 bridgehead atoms. The molecule has 2 aromatic rings. The molecule has 19 heavy (non-hydrogen) atoms. The van der Waals surface area contributed by atoms with E-state index in [9.17, 15) is 5.26 Å². The summed E-state index contributed by atoms with van der Waals surface area (Å²) in [5, 5.41) is 9.34. The van der Waals surface area contributed by atoms with Gasteiger partial charge in [-0.1, -0.05) is 34.1 Å². The summed E-state index contributed by atoms with van der Waals surface area (Å²) >= 11 is 3.47. The van der Waals surface area contributed by atoms with Crippen LogP contribution in [0.3, 0.4) is 0 Å². The second-order valence-electron chi connectivity index (χ2n) is 4.05. The smallest absolute Gasteiger partial charge is 0.102 e. The van der Waals surface area contributed by atoms with Crippen LogP contribution >= 0.6 is 15.9 Å². The van der Waals surface area contributed by atoms with Crippen molar-refractivity contribution in [3.05, 3.63) is 63.9 Å². The molecule has 0 spiro atoms. The maximum atomic E-state index is 9.34. The molecule has 0 fully saturated rings. The van der Waals surface area contributed by atoms with Crippen molar-refractivity contribution in [3.8, 4) is 6.07 Å². The molecule has 4 heteroatoms. The molecule has 1 aromatic heterocycles. The number of nitrogens with zero attached hydrogens (tertiary/aromatic N) is 2. The Labute approximate surface area is 120 Å². The van der Waals surface area contributed by atoms with E-state index in [4.69, 9.17) is 5.73 Å². The van der Waals surface area contributed by atoms with Gasteiger partial charge in [0.25, 0.3) is 0 Å². The van der Waals surface area contributed by atoms with Gasteiger partial charge < -0.3 is 5.73 Å². The van der Waals surface area contributed by atoms with Gasteiger partial charge in [0.15, 0.2) is 0 Å². The van der Waals surface area contributed by atoms with E-state index < -0.39 is 0 Å². The predicted molar refractivity (Wildman–Crippen MR) is 79.7 cm³/mol. The average molecular weight is 314 g/mol. The zero-order valence-electron chi connectivity index (χ0n) is 10.4. The number of pyridine rings is 1. The highest BCUT2D eigenvalue weighted by Crippen LogP contribution is 2.27. The third-order valence-corrected chi connectivity index (χ3v) is 3.75. The van der Waals surface area contributed by atoms with Gasteiger partial charge in [0.2, 0.25) is 0 Å².